The molecule has 7 nitrogen and oxygen atoms in total. The van der Waals surface area contributed by atoms with Crippen LogP contribution in [-0.2, 0) is 15.1 Å². The number of rotatable bonds is 12. The number of ether oxygens (including phenoxy) is 2. The number of hydrogen-bond acceptors (Lipinski definition) is 5. The van der Waals surface area contributed by atoms with Crippen molar-refractivity contribution in [2.45, 2.75) is 69.1 Å². The second-order valence-electron chi connectivity index (χ2n) is 10.1. The molecule has 2 amide bonds. The molecule has 1 heterocycles. The van der Waals surface area contributed by atoms with Gasteiger partial charge in [0.05, 0.1) is 16.7 Å². The number of amides is 2. The van der Waals surface area contributed by atoms with Crippen LogP contribution < -0.4 is 11.1 Å². The van der Waals surface area contributed by atoms with Crippen molar-refractivity contribution in [3.05, 3.63) is 34.6 Å². The molecule has 3 atom stereocenters. The van der Waals surface area contributed by atoms with E-state index in [1.165, 1.54) is 6.07 Å². The third kappa shape index (κ3) is 7.07. The quantitative estimate of drug-likeness (QED) is 0.366. The largest absolute Gasteiger partial charge is 0.385 e. The fourth-order valence-electron chi connectivity index (χ4n) is 5.53. The number of unbranched alkanes of at least 4 members (excludes halogenated alkanes) is 1. The molecule has 9 heteroatoms. The van der Waals surface area contributed by atoms with Gasteiger partial charge in [-0.25, -0.2) is 9.18 Å². The molecular weight excluding hydrogens is 473 g/mol. The topological polar surface area (TPSA) is 97.1 Å². The average Bonchev–Trinajstić information content (AvgIpc) is 2.84. The number of hydrogen-bond donors (Lipinski definition) is 3. The van der Waals surface area contributed by atoms with Crippen molar-refractivity contribution < 1.29 is 23.8 Å². The highest BCUT2D eigenvalue weighted by molar-refractivity contribution is 6.30. The summed E-state index contributed by atoms with van der Waals surface area (Å²) in [6, 6.07) is 4.46. The summed E-state index contributed by atoms with van der Waals surface area (Å²) < 4.78 is 25.6. The number of nitrogens with one attached hydrogen (secondary N) is 1. The van der Waals surface area contributed by atoms with Crippen LogP contribution in [0.15, 0.2) is 18.2 Å². The first-order valence-corrected chi connectivity index (χ1v) is 13.1. The van der Waals surface area contributed by atoms with E-state index in [0.717, 1.165) is 32.1 Å². The molecule has 2 aliphatic rings. The fourth-order valence-corrected chi connectivity index (χ4v) is 5.71. The number of aliphatic hydroxyl groups is 1. The van der Waals surface area contributed by atoms with Gasteiger partial charge < -0.3 is 30.5 Å². The van der Waals surface area contributed by atoms with Gasteiger partial charge in [-0.1, -0.05) is 23.7 Å². The number of likely N-dealkylation sites (tertiary alicyclic amines) is 1. The van der Waals surface area contributed by atoms with Crippen molar-refractivity contribution in [3.8, 4) is 0 Å². The molecule has 0 radical (unpaired) electrons. The number of halogens is 2. The highest BCUT2D eigenvalue weighted by Crippen LogP contribution is 2.42. The van der Waals surface area contributed by atoms with E-state index in [4.69, 9.17) is 26.8 Å². The van der Waals surface area contributed by atoms with Crippen LogP contribution in [0.25, 0.3) is 0 Å². The Balaban J connectivity index is 1.69. The van der Waals surface area contributed by atoms with Gasteiger partial charge in [0.25, 0.3) is 0 Å². The van der Waals surface area contributed by atoms with E-state index >= 15 is 4.39 Å². The number of methoxy groups -OCH3 is 2. The lowest BCUT2D eigenvalue weighted by Crippen LogP contribution is -2.54. The Morgan fingerprint density at radius 1 is 1.37 bits per heavy atom. The van der Waals surface area contributed by atoms with Crippen molar-refractivity contribution >= 4 is 17.6 Å². The molecule has 0 spiro atoms. The summed E-state index contributed by atoms with van der Waals surface area (Å²) >= 11 is 6.07. The Morgan fingerprint density at radius 3 is 2.83 bits per heavy atom. The minimum atomic E-state index is -1.43. The van der Waals surface area contributed by atoms with Gasteiger partial charge in [0.15, 0.2) is 0 Å². The van der Waals surface area contributed by atoms with Crippen molar-refractivity contribution in [1.29, 1.82) is 0 Å². The van der Waals surface area contributed by atoms with Crippen molar-refractivity contribution in [3.63, 3.8) is 0 Å². The van der Waals surface area contributed by atoms with E-state index in [0.29, 0.717) is 57.5 Å². The lowest BCUT2D eigenvalue weighted by Gasteiger charge is -2.43. The van der Waals surface area contributed by atoms with Gasteiger partial charge in [0.2, 0.25) is 0 Å². The minimum absolute atomic E-state index is 0.0132. The first-order chi connectivity index (χ1) is 16.8. The van der Waals surface area contributed by atoms with Gasteiger partial charge in [0, 0.05) is 58.0 Å². The summed E-state index contributed by atoms with van der Waals surface area (Å²) in [6.45, 7) is 1.87. The highest BCUT2D eigenvalue weighted by atomic mass is 35.5. The number of nitrogens with two attached hydrogens (primary N) is 1. The van der Waals surface area contributed by atoms with Crippen LogP contribution in [0.3, 0.4) is 0 Å². The zero-order chi connectivity index (χ0) is 25.4. The molecule has 1 aliphatic carbocycles. The van der Waals surface area contributed by atoms with Gasteiger partial charge in [-0.15, -0.1) is 0 Å². The van der Waals surface area contributed by atoms with Crippen LogP contribution >= 0.6 is 11.6 Å². The molecule has 1 saturated carbocycles. The van der Waals surface area contributed by atoms with Gasteiger partial charge in [-0.3, -0.25) is 0 Å². The second kappa shape index (κ2) is 13.2. The molecule has 2 fully saturated rings. The van der Waals surface area contributed by atoms with E-state index in [1.54, 1.807) is 31.3 Å². The summed E-state index contributed by atoms with van der Waals surface area (Å²) in [5.74, 6) is -0.406. The number of urea groups is 1. The van der Waals surface area contributed by atoms with E-state index in [9.17, 15) is 9.90 Å². The molecule has 1 aromatic carbocycles. The van der Waals surface area contributed by atoms with E-state index in [1.807, 2.05) is 0 Å². The maximum Gasteiger partial charge on any atom is 0.317 e. The first-order valence-electron chi connectivity index (χ1n) is 12.8. The van der Waals surface area contributed by atoms with E-state index in [2.05, 4.69) is 5.32 Å². The van der Waals surface area contributed by atoms with Gasteiger partial charge in [-0.2, -0.15) is 0 Å². The summed E-state index contributed by atoms with van der Waals surface area (Å²) in [5, 5.41) is 15.0. The van der Waals surface area contributed by atoms with Crippen molar-refractivity contribution in [2.75, 3.05) is 40.5 Å². The zero-order valence-electron chi connectivity index (χ0n) is 21.0. The fraction of sp³-hybridized carbons (Fsp3) is 0.731. The molecule has 4 N–H and O–H groups in total. The first kappa shape index (κ1) is 28.1. The summed E-state index contributed by atoms with van der Waals surface area (Å²) in [4.78, 5) is 14.9. The summed E-state index contributed by atoms with van der Waals surface area (Å²) in [5.41, 5.74) is 4.73. The molecule has 35 heavy (non-hydrogen) atoms. The molecular formula is C26H41ClFN3O4. The molecule has 3 rings (SSSR count). The SMILES string of the molecule is COCCCC[C@@](O)(c1cccc(Cl)c1F)[C@@H]1CCCN(C(=O)N[C@H](CN)CC2CC(OC)C2)C1. The molecule has 0 unspecified atom stereocenters. The molecule has 0 aromatic heterocycles. The molecule has 1 aromatic rings. The minimum Gasteiger partial charge on any atom is -0.385 e. The lowest BCUT2D eigenvalue weighted by molar-refractivity contribution is -0.0588. The maximum atomic E-state index is 15.1. The standard InChI is InChI=1S/C26H41ClFN3O4/c1-34-12-4-3-10-26(33,22-8-5-9-23(27)24(22)28)19-7-6-11-31(17-19)25(32)30-20(16-29)13-18-14-21(15-18)35-2/h5,8-9,18-21,33H,3-4,6-7,10-17,29H2,1-2H3,(H,30,32)/t18?,19-,20+,21?,26+/m1/s1. The van der Waals surface area contributed by atoms with Gasteiger partial charge in [0.1, 0.15) is 5.82 Å². The third-order valence-electron chi connectivity index (χ3n) is 7.71. The van der Waals surface area contributed by atoms with Crippen LogP contribution in [0.2, 0.25) is 5.02 Å². The Morgan fingerprint density at radius 2 is 2.14 bits per heavy atom. The maximum absolute atomic E-state index is 15.1. The summed E-state index contributed by atoms with van der Waals surface area (Å²) in [6.07, 6.45) is 6.33. The lowest BCUT2D eigenvalue weighted by atomic mass is 9.74. The number of nitrogens with zero attached hydrogens (tertiary/aromatic N) is 1. The number of benzene rings is 1. The Hall–Kier alpha value is -1.45. The molecule has 0 bridgehead atoms. The highest BCUT2D eigenvalue weighted by Gasteiger charge is 2.43. The van der Waals surface area contributed by atoms with Crippen LogP contribution in [0, 0.1) is 17.7 Å². The van der Waals surface area contributed by atoms with E-state index < -0.39 is 11.4 Å². The normalized spacial score (nSPS) is 25.0. The Bertz CT molecular complexity index is 826. The Kier molecular flexibility index (Phi) is 10.6. The molecule has 1 saturated heterocycles. The van der Waals surface area contributed by atoms with Crippen molar-refractivity contribution in [2.24, 2.45) is 17.6 Å². The van der Waals surface area contributed by atoms with Crippen LogP contribution in [0.5, 0.6) is 0 Å². The average molecular weight is 514 g/mol. The zero-order valence-corrected chi connectivity index (χ0v) is 21.7. The van der Waals surface area contributed by atoms with Crippen molar-refractivity contribution in [1.82, 2.24) is 10.2 Å². The molecule has 198 valence electrons. The summed E-state index contributed by atoms with van der Waals surface area (Å²) in [7, 11) is 3.36. The third-order valence-corrected chi connectivity index (χ3v) is 8.01. The van der Waals surface area contributed by atoms with Crippen LogP contribution in [0.4, 0.5) is 9.18 Å². The predicted molar refractivity (Wildman–Crippen MR) is 135 cm³/mol. The van der Waals surface area contributed by atoms with Gasteiger partial charge in [-0.05, 0) is 63.4 Å². The predicted octanol–water partition coefficient (Wildman–Crippen LogP) is 4.05. The number of carbonyl (C=O) groups excluding carboxylic acids is 1. The van der Waals surface area contributed by atoms with Crippen LogP contribution in [-0.4, -0.2) is 68.6 Å². The Labute approximate surface area is 213 Å². The number of piperidine rings is 1. The molecule has 1 aliphatic heterocycles. The smallest absolute Gasteiger partial charge is 0.317 e. The van der Waals surface area contributed by atoms with Gasteiger partial charge >= 0.3 is 6.03 Å². The monoisotopic (exact) mass is 513 g/mol. The number of carbonyl (C=O) groups is 1. The van der Waals surface area contributed by atoms with Crippen LogP contribution in [0.1, 0.15) is 56.9 Å². The van der Waals surface area contributed by atoms with E-state index in [-0.39, 0.29) is 28.6 Å². The second-order valence-corrected chi connectivity index (χ2v) is 10.5.